The summed E-state index contributed by atoms with van der Waals surface area (Å²) in [5, 5.41) is 0. The molecule has 2 aromatic rings. The lowest BCUT2D eigenvalue weighted by atomic mass is 10.1. The standard InChI is InChI=1S/C12H14BrN5O/c13-8-4-7-19-9(8)10-15-11(14)17-12(16-10)18-5-2-1-3-6-18/h4,7H,1-3,5-6H2,(H2,14,15,16,17). The highest BCUT2D eigenvalue weighted by molar-refractivity contribution is 9.10. The van der Waals surface area contributed by atoms with Crippen molar-refractivity contribution in [1.29, 1.82) is 0 Å². The first kappa shape index (κ1) is 12.4. The number of nitrogens with zero attached hydrogens (tertiary/aromatic N) is 4. The van der Waals surface area contributed by atoms with Gasteiger partial charge in [-0.15, -0.1) is 0 Å². The van der Waals surface area contributed by atoms with Crippen molar-refractivity contribution in [2.45, 2.75) is 19.3 Å². The molecule has 0 saturated carbocycles. The molecule has 0 aromatic carbocycles. The third-order valence-electron chi connectivity index (χ3n) is 3.10. The van der Waals surface area contributed by atoms with E-state index in [2.05, 4.69) is 35.8 Å². The van der Waals surface area contributed by atoms with Crippen molar-refractivity contribution < 1.29 is 4.42 Å². The van der Waals surface area contributed by atoms with Gasteiger partial charge in [0.25, 0.3) is 0 Å². The zero-order valence-corrected chi connectivity index (χ0v) is 11.9. The monoisotopic (exact) mass is 323 g/mol. The molecular weight excluding hydrogens is 310 g/mol. The number of halogens is 1. The Labute approximate surface area is 119 Å². The van der Waals surface area contributed by atoms with Crippen LogP contribution in [0, 0.1) is 0 Å². The molecule has 0 amide bonds. The Morgan fingerprint density at radius 1 is 1.16 bits per heavy atom. The fraction of sp³-hybridized carbons (Fsp3) is 0.417. The average Bonchev–Trinajstić information content (AvgIpc) is 2.85. The van der Waals surface area contributed by atoms with E-state index in [9.17, 15) is 0 Å². The van der Waals surface area contributed by atoms with Crippen molar-refractivity contribution in [3.8, 4) is 11.6 Å². The second-order valence-electron chi connectivity index (χ2n) is 4.46. The average molecular weight is 324 g/mol. The van der Waals surface area contributed by atoms with E-state index in [0.29, 0.717) is 17.5 Å². The molecule has 0 unspecified atom stereocenters. The van der Waals surface area contributed by atoms with Gasteiger partial charge in [0.2, 0.25) is 17.7 Å². The summed E-state index contributed by atoms with van der Waals surface area (Å²) in [6.07, 6.45) is 5.16. The summed E-state index contributed by atoms with van der Waals surface area (Å²) in [7, 11) is 0. The predicted molar refractivity (Wildman–Crippen MR) is 75.7 cm³/mol. The van der Waals surface area contributed by atoms with Gasteiger partial charge >= 0.3 is 0 Å². The van der Waals surface area contributed by atoms with Gasteiger partial charge in [0.15, 0.2) is 5.76 Å². The first-order valence-electron chi connectivity index (χ1n) is 6.24. The van der Waals surface area contributed by atoms with Crippen LogP contribution in [0.15, 0.2) is 21.2 Å². The Bertz CT molecular complexity index is 579. The quantitative estimate of drug-likeness (QED) is 0.914. The molecule has 100 valence electrons. The highest BCUT2D eigenvalue weighted by atomic mass is 79.9. The SMILES string of the molecule is Nc1nc(-c2occc2Br)nc(N2CCCCC2)n1. The first-order chi connectivity index (χ1) is 9.24. The van der Waals surface area contributed by atoms with Crippen LogP contribution < -0.4 is 10.6 Å². The Morgan fingerprint density at radius 2 is 1.95 bits per heavy atom. The maximum atomic E-state index is 5.78. The van der Waals surface area contributed by atoms with Gasteiger partial charge in [0, 0.05) is 13.1 Å². The molecule has 1 aliphatic heterocycles. The summed E-state index contributed by atoms with van der Waals surface area (Å²) >= 11 is 3.40. The van der Waals surface area contributed by atoms with Crippen molar-refractivity contribution >= 4 is 27.8 Å². The Balaban J connectivity index is 1.98. The number of rotatable bonds is 2. The molecule has 1 fully saturated rings. The number of aromatic nitrogens is 3. The van der Waals surface area contributed by atoms with Gasteiger partial charge in [-0.3, -0.25) is 0 Å². The van der Waals surface area contributed by atoms with Crippen molar-refractivity contribution in [1.82, 2.24) is 15.0 Å². The highest BCUT2D eigenvalue weighted by Gasteiger charge is 2.18. The van der Waals surface area contributed by atoms with Gasteiger partial charge < -0.3 is 15.1 Å². The van der Waals surface area contributed by atoms with Crippen LogP contribution >= 0.6 is 15.9 Å². The van der Waals surface area contributed by atoms with Gasteiger partial charge in [-0.05, 0) is 41.3 Å². The highest BCUT2D eigenvalue weighted by Crippen LogP contribution is 2.28. The number of hydrogen-bond donors (Lipinski definition) is 1. The summed E-state index contributed by atoms with van der Waals surface area (Å²) in [6.45, 7) is 1.92. The number of anilines is 2. The second-order valence-corrected chi connectivity index (χ2v) is 5.32. The molecule has 2 aromatic heterocycles. The van der Waals surface area contributed by atoms with Crippen molar-refractivity contribution in [3.05, 3.63) is 16.8 Å². The van der Waals surface area contributed by atoms with E-state index in [1.807, 2.05) is 0 Å². The van der Waals surface area contributed by atoms with Crippen molar-refractivity contribution in [3.63, 3.8) is 0 Å². The van der Waals surface area contributed by atoms with Gasteiger partial charge in [0.1, 0.15) is 0 Å². The third kappa shape index (κ3) is 2.56. The smallest absolute Gasteiger partial charge is 0.230 e. The molecule has 3 heterocycles. The number of nitrogens with two attached hydrogens (primary N) is 1. The summed E-state index contributed by atoms with van der Waals surface area (Å²) in [5.74, 6) is 1.89. The molecule has 2 N–H and O–H groups in total. The van der Waals surface area contributed by atoms with Crippen LogP contribution in [-0.2, 0) is 0 Å². The summed E-state index contributed by atoms with van der Waals surface area (Å²) in [6, 6.07) is 1.80. The lowest BCUT2D eigenvalue weighted by molar-refractivity contribution is 0.562. The van der Waals surface area contributed by atoms with Gasteiger partial charge in [-0.25, -0.2) is 0 Å². The summed E-state index contributed by atoms with van der Waals surface area (Å²) in [4.78, 5) is 15.0. The van der Waals surface area contributed by atoms with Crippen LogP contribution in [0.1, 0.15) is 19.3 Å². The molecule has 0 spiro atoms. The van der Waals surface area contributed by atoms with E-state index in [1.54, 1.807) is 12.3 Å². The normalized spacial score (nSPS) is 15.7. The van der Waals surface area contributed by atoms with Crippen LogP contribution in [0.4, 0.5) is 11.9 Å². The number of furan rings is 1. The lowest BCUT2D eigenvalue weighted by Gasteiger charge is -2.26. The van der Waals surface area contributed by atoms with E-state index >= 15 is 0 Å². The minimum Gasteiger partial charge on any atom is -0.460 e. The first-order valence-corrected chi connectivity index (χ1v) is 7.03. The topological polar surface area (TPSA) is 81.1 Å². The van der Waals surface area contributed by atoms with Crippen molar-refractivity contribution in [2.24, 2.45) is 0 Å². The Kier molecular flexibility index (Phi) is 3.37. The van der Waals surface area contributed by atoms with Crippen LogP contribution in [0.3, 0.4) is 0 Å². The zero-order valence-electron chi connectivity index (χ0n) is 10.3. The Morgan fingerprint density at radius 3 is 2.63 bits per heavy atom. The molecule has 1 aliphatic rings. The minimum absolute atomic E-state index is 0.217. The van der Waals surface area contributed by atoms with Gasteiger partial charge in [0.05, 0.1) is 10.7 Å². The van der Waals surface area contributed by atoms with Crippen LogP contribution in [0.2, 0.25) is 0 Å². The van der Waals surface area contributed by atoms with E-state index in [0.717, 1.165) is 30.4 Å². The number of hydrogen-bond acceptors (Lipinski definition) is 6. The van der Waals surface area contributed by atoms with Crippen LogP contribution in [0.5, 0.6) is 0 Å². The predicted octanol–water partition coefficient (Wildman–Crippen LogP) is 2.47. The summed E-state index contributed by atoms with van der Waals surface area (Å²) < 4.78 is 6.18. The summed E-state index contributed by atoms with van der Waals surface area (Å²) in [5.41, 5.74) is 5.78. The van der Waals surface area contributed by atoms with E-state index < -0.39 is 0 Å². The largest absolute Gasteiger partial charge is 0.460 e. The van der Waals surface area contributed by atoms with Gasteiger partial charge in [-0.1, -0.05) is 0 Å². The maximum absolute atomic E-state index is 5.78. The molecule has 1 saturated heterocycles. The number of piperidine rings is 1. The molecule has 0 bridgehead atoms. The zero-order chi connectivity index (χ0) is 13.2. The molecule has 0 atom stereocenters. The molecule has 6 nitrogen and oxygen atoms in total. The van der Waals surface area contributed by atoms with E-state index in [-0.39, 0.29) is 5.95 Å². The van der Waals surface area contributed by atoms with E-state index in [4.69, 9.17) is 10.2 Å². The minimum atomic E-state index is 0.217. The Hall–Kier alpha value is -1.63. The van der Waals surface area contributed by atoms with Crippen LogP contribution in [-0.4, -0.2) is 28.0 Å². The van der Waals surface area contributed by atoms with E-state index in [1.165, 1.54) is 6.42 Å². The molecule has 0 radical (unpaired) electrons. The fourth-order valence-electron chi connectivity index (χ4n) is 2.17. The molecule has 3 rings (SSSR count). The second kappa shape index (κ2) is 5.16. The molecule has 7 heteroatoms. The molecule has 0 aliphatic carbocycles. The van der Waals surface area contributed by atoms with Gasteiger partial charge in [-0.2, -0.15) is 15.0 Å². The maximum Gasteiger partial charge on any atom is 0.230 e. The number of nitrogen functional groups attached to an aromatic ring is 1. The van der Waals surface area contributed by atoms with Crippen LogP contribution in [0.25, 0.3) is 11.6 Å². The molecule has 19 heavy (non-hydrogen) atoms. The fourth-order valence-corrected chi connectivity index (χ4v) is 2.55. The molecular formula is C12H14BrN5O. The third-order valence-corrected chi connectivity index (χ3v) is 3.72. The van der Waals surface area contributed by atoms with Crippen molar-refractivity contribution in [2.75, 3.05) is 23.7 Å². The lowest BCUT2D eigenvalue weighted by Crippen LogP contribution is -2.31.